The first-order valence-electron chi connectivity index (χ1n) is 7.04. The molecule has 3 aliphatic heterocycles. The third kappa shape index (κ3) is 2.15. The second-order valence-corrected chi connectivity index (χ2v) is 5.93. The van der Waals surface area contributed by atoms with E-state index >= 15 is 0 Å². The summed E-state index contributed by atoms with van der Waals surface area (Å²) in [5.74, 6) is -0.418. The van der Waals surface area contributed by atoms with Crippen molar-refractivity contribution in [1.82, 2.24) is 15.5 Å². The molecule has 0 aliphatic carbocycles. The van der Waals surface area contributed by atoms with Gasteiger partial charge in [0, 0.05) is 6.54 Å². The second kappa shape index (κ2) is 4.73. The highest BCUT2D eigenvalue weighted by atomic mass is 16.5. The number of hydrogen-bond acceptors (Lipinski definition) is 4. The third-order valence-corrected chi connectivity index (χ3v) is 4.37. The first kappa shape index (κ1) is 13.4. The normalized spacial score (nSPS) is 37.1. The number of imide groups is 1. The SMILES string of the molecule is CC1CC(C(=O)N2CCCC3(C2)NC(=O)NC3=O)CO1. The zero-order valence-corrected chi connectivity index (χ0v) is 11.5. The molecule has 20 heavy (non-hydrogen) atoms. The maximum atomic E-state index is 12.5. The number of urea groups is 1. The zero-order chi connectivity index (χ0) is 14.3. The molecule has 0 radical (unpaired) electrons. The van der Waals surface area contributed by atoms with Crippen LogP contribution in [-0.4, -0.2) is 54.1 Å². The first-order valence-corrected chi connectivity index (χ1v) is 7.04. The number of carbonyl (C=O) groups excluding carboxylic acids is 3. The van der Waals surface area contributed by atoms with Gasteiger partial charge in [-0.2, -0.15) is 0 Å². The van der Waals surface area contributed by atoms with E-state index in [2.05, 4.69) is 10.6 Å². The van der Waals surface area contributed by atoms with Crippen LogP contribution in [-0.2, 0) is 14.3 Å². The topological polar surface area (TPSA) is 87.7 Å². The summed E-state index contributed by atoms with van der Waals surface area (Å²) in [7, 11) is 0. The van der Waals surface area contributed by atoms with E-state index in [1.165, 1.54) is 0 Å². The minimum atomic E-state index is -0.934. The van der Waals surface area contributed by atoms with E-state index in [1.807, 2.05) is 6.92 Å². The Kier molecular flexibility index (Phi) is 3.16. The summed E-state index contributed by atoms with van der Waals surface area (Å²) < 4.78 is 5.44. The summed E-state index contributed by atoms with van der Waals surface area (Å²) in [6, 6.07) is -0.470. The third-order valence-electron chi connectivity index (χ3n) is 4.37. The molecule has 3 atom stereocenters. The average molecular weight is 281 g/mol. The van der Waals surface area contributed by atoms with Gasteiger partial charge in [-0.25, -0.2) is 4.79 Å². The number of nitrogens with one attached hydrogen (secondary N) is 2. The summed E-state index contributed by atoms with van der Waals surface area (Å²) in [6.45, 7) is 3.29. The van der Waals surface area contributed by atoms with Crippen molar-refractivity contribution in [2.75, 3.05) is 19.7 Å². The van der Waals surface area contributed by atoms with E-state index in [0.717, 1.165) is 6.42 Å². The molecule has 0 bridgehead atoms. The Morgan fingerprint density at radius 3 is 2.85 bits per heavy atom. The fourth-order valence-electron chi connectivity index (χ4n) is 3.31. The standard InChI is InChI=1S/C13H19N3O4/c1-8-5-9(6-20-8)10(17)16-4-2-3-13(7-16)11(18)14-12(19)15-13/h8-9H,2-7H2,1H3,(H2,14,15,18,19). The van der Waals surface area contributed by atoms with Crippen LogP contribution >= 0.6 is 0 Å². The van der Waals surface area contributed by atoms with E-state index in [4.69, 9.17) is 4.74 Å². The summed E-state index contributed by atoms with van der Waals surface area (Å²) >= 11 is 0. The van der Waals surface area contributed by atoms with Crippen LogP contribution in [0.1, 0.15) is 26.2 Å². The lowest BCUT2D eigenvalue weighted by Crippen LogP contribution is -2.60. The summed E-state index contributed by atoms with van der Waals surface area (Å²) in [5.41, 5.74) is -0.934. The van der Waals surface area contributed by atoms with E-state index < -0.39 is 11.6 Å². The fourth-order valence-corrected chi connectivity index (χ4v) is 3.31. The van der Waals surface area contributed by atoms with Crippen LogP contribution in [0.2, 0.25) is 0 Å². The Bertz CT molecular complexity index is 467. The monoisotopic (exact) mass is 281 g/mol. The molecule has 4 amide bonds. The molecule has 3 saturated heterocycles. The van der Waals surface area contributed by atoms with Gasteiger partial charge in [-0.05, 0) is 26.2 Å². The van der Waals surface area contributed by atoms with Gasteiger partial charge in [-0.1, -0.05) is 0 Å². The van der Waals surface area contributed by atoms with Crippen LogP contribution in [0.15, 0.2) is 0 Å². The van der Waals surface area contributed by atoms with Gasteiger partial charge in [0.05, 0.1) is 25.2 Å². The summed E-state index contributed by atoms with van der Waals surface area (Å²) in [6.07, 6.45) is 2.12. The van der Waals surface area contributed by atoms with Gasteiger partial charge < -0.3 is 15.0 Å². The quantitative estimate of drug-likeness (QED) is 0.641. The van der Waals surface area contributed by atoms with E-state index in [9.17, 15) is 14.4 Å². The molecule has 0 aromatic rings. The number of carbonyl (C=O) groups is 3. The van der Waals surface area contributed by atoms with Gasteiger partial charge in [0.1, 0.15) is 5.54 Å². The average Bonchev–Trinajstić information content (AvgIpc) is 2.94. The second-order valence-electron chi connectivity index (χ2n) is 5.93. The maximum Gasteiger partial charge on any atom is 0.322 e. The van der Waals surface area contributed by atoms with Crippen LogP contribution in [0, 0.1) is 5.92 Å². The molecule has 0 aromatic heterocycles. The molecule has 110 valence electrons. The van der Waals surface area contributed by atoms with Crippen molar-refractivity contribution >= 4 is 17.8 Å². The smallest absolute Gasteiger partial charge is 0.322 e. The Labute approximate surface area is 117 Å². The molecule has 3 aliphatic rings. The molecule has 0 saturated carbocycles. The van der Waals surface area contributed by atoms with Crippen LogP contribution in [0.3, 0.4) is 0 Å². The Balaban J connectivity index is 1.71. The first-order chi connectivity index (χ1) is 9.50. The largest absolute Gasteiger partial charge is 0.378 e. The number of likely N-dealkylation sites (tertiary alicyclic amines) is 1. The van der Waals surface area contributed by atoms with E-state index in [0.29, 0.717) is 26.0 Å². The van der Waals surface area contributed by atoms with Gasteiger partial charge >= 0.3 is 6.03 Å². The zero-order valence-electron chi connectivity index (χ0n) is 11.5. The van der Waals surface area contributed by atoms with Gasteiger partial charge in [0.15, 0.2) is 0 Å². The lowest BCUT2D eigenvalue weighted by atomic mass is 9.88. The number of piperidine rings is 1. The van der Waals surface area contributed by atoms with Gasteiger partial charge in [-0.15, -0.1) is 0 Å². The molecule has 3 rings (SSSR count). The maximum absolute atomic E-state index is 12.5. The fraction of sp³-hybridized carbons (Fsp3) is 0.769. The molecule has 3 fully saturated rings. The molecule has 7 heteroatoms. The molecule has 7 nitrogen and oxygen atoms in total. The van der Waals surface area contributed by atoms with Crippen molar-refractivity contribution in [2.24, 2.45) is 5.92 Å². The molecule has 2 N–H and O–H groups in total. The van der Waals surface area contributed by atoms with Crippen molar-refractivity contribution in [2.45, 2.75) is 37.8 Å². The summed E-state index contributed by atoms with van der Waals surface area (Å²) in [5, 5.41) is 4.94. The van der Waals surface area contributed by atoms with Crippen molar-refractivity contribution in [3.8, 4) is 0 Å². The number of nitrogens with zero attached hydrogens (tertiary/aromatic N) is 1. The number of amides is 4. The predicted octanol–water partition coefficient (Wildman–Crippen LogP) is -0.388. The molecule has 0 aromatic carbocycles. The highest BCUT2D eigenvalue weighted by Crippen LogP contribution is 2.28. The molecule has 1 spiro atoms. The van der Waals surface area contributed by atoms with Crippen LogP contribution in [0.25, 0.3) is 0 Å². The van der Waals surface area contributed by atoms with Crippen molar-refractivity contribution in [1.29, 1.82) is 0 Å². The van der Waals surface area contributed by atoms with Crippen molar-refractivity contribution < 1.29 is 19.1 Å². The lowest BCUT2D eigenvalue weighted by Gasteiger charge is -2.38. The Morgan fingerprint density at radius 1 is 1.45 bits per heavy atom. The number of hydrogen-bond donors (Lipinski definition) is 2. The van der Waals surface area contributed by atoms with Gasteiger partial charge in [0.25, 0.3) is 5.91 Å². The molecular weight excluding hydrogens is 262 g/mol. The van der Waals surface area contributed by atoms with E-state index in [-0.39, 0.29) is 30.4 Å². The van der Waals surface area contributed by atoms with Crippen LogP contribution in [0.4, 0.5) is 4.79 Å². The highest BCUT2D eigenvalue weighted by Gasteiger charge is 2.50. The van der Waals surface area contributed by atoms with E-state index in [1.54, 1.807) is 4.90 Å². The minimum Gasteiger partial charge on any atom is -0.378 e. The number of ether oxygens (including phenoxy) is 1. The lowest BCUT2D eigenvalue weighted by molar-refractivity contribution is -0.139. The summed E-state index contributed by atoms with van der Waals surface area (Å²) in [4.78, 5) is 37.5. The predicted molar refractivity (Wildman–Crippen MR) is 68.7 cm³/mol. The minimum absolute atomic E-state index is 0.0300. The molecular formula is C13H19N3O4. The Morgan fingerprint density at radius 2 is 2.25 bits per heavy atom. The highest BCUT2D eigenvalue weighted by molar-refractivity contribution is 6.07. The van der Waals surface area contributed by atoms with Crippen molar-refractivity contribution in [3.05, 3.63) is 0 Å². The number of rotatable bonds is 1. The molecule has 3 heterocycles. The van der Waals surface area contributed by atoms with Gasteiger partial charge in [0.2, 0.25) is 5.91 Å². The van der Waals surface area contributed by atoms with Crippen LogP contribution in [0.5, 0.6) is 0 Å². The Hall–Kier alpha value is -1.63. The van der Waals surface area contributed by atoms with Crippen LogP contribution < -0.4 is 10.6 Å². The molecule has 3 unspecified atom stereocenters. The van der Waals surface area contributed by atoms with Gasteiger partial charge in [-0.3, -0.25) is 14.9 Å². The van der Waals surface area contributed by atoms with Crippen molar-refractivity contribution in [3.63, 3.8) is 0 Å².